The Balaban J connectivity index is 2.17. The number of hydrogen-bond donors (Lipinski definition) is 3. The Labute approximate surface area is 121 Å². The topological polar surface area (TPSA) is 107 Å². The number of hydroxylamine groups is 1. The van der Waals surface area contributed by atoms with E-state index in [0.717, 1.165) is 0 Å². The first kappa shape index (κ1) is 14.9. The van der Waals surface area contributed by atoms with Gasteiger partial charge in [-0.15, -0.1) is 4.62 Å². The largest absolute Gasteiger partial charge is 0.609 e. The molecule has 0 aliphatic rings. The number of nitrogens with one attached hydrogen (secondary N) is 2. The van der Waals surface area contributed by atoms with Gasteiger partial charge in [0.15, 0.2) is 0 Å². The van der Waals surface area contributed by atoms with Crippen LogP contribution in [0.1, 0.15) is 0 Å². The number of benzene rings is 2. The van der Waals surface area contributed by atoms with Gasteiger partial charge >= 0.3 is 7.82 Å². The fourth-order valence-corrected chi connectivity index (χ4v) is 2.46. The number of para-hydroxylation sites is 2. The van der Waals surface area contributed by atoms with Crippen LogP contribution in [-0.2, 0) is 9.19 Å². The van der Waals surface area contributed by atoms with Crippen LogP contribution in [-0.4, -0.2) is 5.96 Å². The molecule has 0 saturated heterocycles. The minimum atomic E-state index is -4.05. The van der Waals surface area contributed by atoms with Crippen LogP contribution in [0.5, 0.6) is 11.5 Å². The number of hydrogen-bond acceptors (Lipinski definition) is 5. The van der Waals surface area contributed by atoms with Gasteiger partial charge in [-0.25, -0.2) is 10.0 Å². The summed E-state index contributed by atoms with van der Waals surface area (Å²) in [4.78, 5) is 0. The minimum absolute atomic E-state index is 0.294. The predicted molar refractivity (Wildman–Crippen MR) is 77.9 cm³/mol. The molecule has 2 aromatic rings. The smallest absolute Gasteiger partial charge is 0.394 e. The van der Waals surface area contributed by atoms with Crippen molar-refractivity contribution in [1.82, 2.24) is 5.48 Å². The van der Waals surface area contributed by atoms with E-state index in [-0.39, 0.29) is 0 Å². The normalized spacial score (nSPS) is 10.7. The first-order chi connectivity index (χ1) is 10.1. The third-order valence-electron chi connectivity index (χ3n) is 2.19. The number of nitrogens with two attached hydrogens (primary N) is 1. The molecule has 8 heteroatoms. The monoisotopic (exact) mass is 307 g/mol. The van der Waals surface area contributed by atoms with Gasteiger partial charge in [0.25, 0.3) is 0 Å². The van der Waals surface area contributed by atoms with Crippen molar-refractivity contribution < 1.29 is 18.2 Å². The Morgan fingerprint density at radius 1 is 0.952 bits per heavy atom. The second kappa shape index (κ2) is 6.78. The molecule has 4 N–H and O–H groups in total. The molecule has 2 rings (SSSR count). The Bertz CT molecular complexity index is 591. The molecule has 7 nitrogen and oxygen atoms in total. The third-order valence-corrected chi connectivity index (χ3v) is 3.37. The molecule has 21 heavy (non-hydrogen) atoms. The second-order valence-corrected chi connectivity index (χ2v) is 5.31. The van der Waals surface area contributed by atoms with Crippen LogP contribution < -0.4 is 20.3 Å². The Hall–Kier alpha value is -2.50. The van der Waals surface area contributed by atoms with Crippen LogP contribution in [0, 0.1) is 5.41 Å². The molecule has 110 valence electrons. The van der Waals surface area contributed by atoms with Crippen molar-refractivity contribution in [3.05, 3.63) is 60.7 Å². The molecular formula is C13H14N3O4P. The molecule has 0 heterocycles. The van der Waals surface area contributed by atoms with Crippen molar-refractivity contribution in [2.45, 2.75) is 0 Å². The van der Waals surface area contributed by atoms with E-state index < -0.39 is 13.8 Å². The molecular weight excluding hydrogens is 293 g/mol. The predicted octanol–water partition coefficient (Wildman–Crippen LogP) is 2.67. The van der Waals surface area contributed by atoms with Gasteiger partial charge < -0.3 is 14.8 Å². The number of phosphoric ester groups is 1. The first-order valence-electron chi connectivity index (χ1n) is 5.95. The standard InChI is InChI=1S/C13H14N3O4P/c14-13(15)16-20-21(17,18-11-7-3-1-4-8-11)19-12-9-5-2-6-10-12/h1-10H,(H4,14,15,16). The molecule has 0 amide bonds. The molecule has 0 aliphatic carbocycles. The second-order valence-electron chi connectivity index (χ2n) is 3.86. The van der Waals surface area contributed by atoms with Crippen molar-refractivity contribution in [3.8, 4) is 11.5 Å². The van der Waals surface area contributed by atoms with E-state index in [1.165, 1.54) is 0 Å². The summed E-state index contributed by atoms with van der Waals surface area (Å²) in [5, 5.41) is 7.04. The van der Waals surface area contributed by atoms with Gasteiger partial charge in [0.2, 0.25) is 5.96 Å². The van der Waals surface area contributed by atoms with E-state index in [1.807, 2.05) is 5.48 Å². The molecule has 0 spiro atoms. The van der Waals surface area contributed by atoms with Gasteiger partial charge in [0.1, 0.15) is 11.5 Å². The van der Waals surface area contributed by atoms with Gasteiger partial charge in [-0.2, -0.15) is 0 Å². The van der Waals surface area contributed by atoms with Crippen molar-refractivity contribution in [3.63, 3.8) is 0 Å². The van der Waals surface area contributed by atoms with E-state index >= 15 is 0 Å². The van der Waals surface area contributed by atoms with Gasteiger partial charge in [-0.1, -0.05) is 36.4 Å². The highest BCUT2D eigenvalue weighted by Gasteiger charge is 2.32. The van der Waals surface area contributed by atoms with Gasteiger partial charge in [0.05, 0.1) is 0 Å². The lowest BCUT2D eigenvalue weighted by Crippen LogP contribution is -2.30. The first-order valence-corrected chi connectivity index (χ1v) is 7.41. The maximum Gasteiger partial charge on any atom is 0.609 e. The molecule has 0 atom stereocenters. The van der Waals surface area contributed by atoms with Crippen molar-refractivity contribution >= 4 is 13.8 Å². The van der Waals surface area contributed by atoms with Crippen molar-refractivity contribution in [2.24, 2.45) is 5.73 Å². The minimum Gasteiger partial charge on any atom is -0.394 e. The molecule has 0 radical (unpaired) electrons. The van der Waals surface area contributed by atoms with E-state index in [2.05, 4.69) is 0 Å². The van der Waals surface area contributed by atoms with Crippen LogP contribution in [0.4, 0.5) is 0 Å². The quantitative estimate of drug-likeness (QED) is 0.328. The van der Waals surface area contributed by atoms with E-state index in [9.17, 15) is 4.57 Å². The maximum atomic E-state index is 12.6. The average molecular weight is 307 g/mol. The van der Waals surface area contributed by atoms with Gasteiger partial charge in [-0.05, 0) is 24.3 Å². The Morgan fingerprint density at radius 2 is 1.38 bits per heavy atom. The van der Waals surface area contributed by atoms with Crippen LogP contribution in [0.2, 0.25) is 0 Å². The molecule has 0 aliphatic heterocycles. The van der Waals surface area contributed by atoms with Crippen LogP contribution >= 0.6 is 7.82 Å². The summed E-state index contributed by atoms with van der Waals surface area (Å²) in [5.74, 6) is 0.0628. The summed E-state index contributed by atoms with van der Waals surface area (Å²) in [6, 6.07) is 16.8. The number of guanidine groups is 1. The molecule has 0 unspecified atom stereocenters. The lowest BCUT2D eigenvalue weighted by atomic mass is 10.3. The number of phosphoric acid groups is 1. The van der Waals surface area contributed by atoms with Crippen LogP contribution in [0.15, 0.2) is 60.7 Å². The van der Waals surface area contributed by atoms with E-state index in [1.54, 1.807) is 60.7 Å². The molecule has 0 saturated carbocycles. The highest BCUT2D eigenvalue weighted by molar-refractivity contribution is 7.49. The lowest BCUT2D eigenvalue weighted by Gasteiger charge is -2.18. The zero-order valence-electron chi connectivity index (χ0n) is 10.9. The summed E-state index contributed by atoms with van der Waals surface area (Å²) in [6.07, 6.45) is 0. The van der Waals surface area contributed by atoms with E-state index in [0.29, 0.717) is 11.5 Å². The highest BCUT2D eigenvalue weighted by atomic mass is 31.2. The number of rotatable bonds is 6. The van der Waals surface area contributed by atoms with Gasteiger partial charge in [-0.3, -0.25) is 5.41 Å². The summed E-state index contributed by atoms with van der Waals surface area (Å²) in [7, 11) is -4.05. The molecule has 0 aromatic heterocycles. The van der Waals surface area contributed by atoms with Crippen LogP contribution in [0.3, 0.4) is 0 Å². The zero-order chi connectivity index (χ0) is 15.1. The average Bonchev–Trinajstić information content (AvgIpc) is 2.47. The summed E-state index contributed by atoms with van der Waals surface area (Å²) in [5.41, 5.74) is 7.08. The van der Waals surface area contributed by atoms with Crippen LogP contribution in [0.25, 0.3) is 0 Å². The highest BCUT2D eigenvalue weighted by Crippen LogP contribution is 2.48. The molecule has 0 bridgehead atoms. The summed E-state index contributed by atoms with van der Waals surface area (Å²) < 4.78 is 27.9. The maximum absolute atomic E-state index is 12.6. The zero-order valence-corrected chi connectivity index (χ0v) is 11.8. The SMILES string of the molecule is N=C(N)NOP(=O)(Oc1ccccc1)Oc1ccccc1. The van der Waals surface area contributed by atoms with Crippen molar-refractivity contribution in [2.75, 3.05) is 0 Å². The molecule has 0 fully saturated rings. The lowest BCUT2D eigenvalue weighted by molar-refractivity contribution is 0.173. The summed E-state index contributed by atoms with van der Waals surface area (Å²) >= 11 is 0. The summed E-state index contributed by atoms with van der Waals surface area (Å²) in [6.45, 7) is 0. The fourth-order valence-electron chi connectivity index (χ4n) is 1.38. The molecule has 2 aromatic carbocycles. The fraction of sp³-hybridized carbons (Fsp3) is 0. The Kier molecular flexibility index (Phi) is 4.81. The third kappa shape index (κ3) is 4.83. The van der Waals surface area contributed by atoms with E-state index in [4.69, 9.17) is 24.8 Å². The van der Waals surface area contributed by atoms with Crippen molar-refractivity contribution in [1.29, 1.82) is 5.41 Å². The van der Waals surface area contributed by atoms with Gasteiger partial charge in [0, 0.05) is 0 Å². The Morgan fingerprint density at radius 3 is 1.76 bits per heavy atom.